The van der Waals surface area contributed by atoms with E-state index in [2.05, 4.69) is 37.3 Å². The molecular weight excluding hydrogens is 304 g/mol. The van der Waals surface area contributed by atoms with Crippen molar-refractivity contribution in [2.45, 2.75) is 93.4 Å². The monoisotopic (exact) mass is 352 g/mol. The molecule has 1 fully saturated rings. The van der Waals surface area contributed by atoms with Crippen LogP contribution in [0.3, 0.4) is 0 Å². The first-order valence-corrected chi connectivity index (χ1v) is 10.2. The number of benzene rings is 1. The van der Waals surface area contributed by atoms with Gasteiger partial charge >= 0.3 is 0 Å². The Balaban J connectivity index is -0.000000120. The topological polar surface area (TPSA) is 9.23 Å². The van der Waals surface area contributed by atoms with E-state index in [9.17, 15) is 0 Å². The molecule has 1 aliphatic rings. The minimum atomic E-state index is 1.12. The average molecular weight is 353 g/mol. The maximum Gasteiger partial charge on any atom is 0.0351 e. The summed E-state index contributed by atoms with van der Waals surface area (Å²) in [6.45, 7) is 18.1. The van der Waals surface area contributed by atoms with Gasteiger partial charge in [0.2, 0.25) is 0 Å². The highest BCUT2D eigenvalue weighted by atomic mass is 16.4. The third kappa shape index (κ3) is 35.0. The first-order valence-electron chi connectivity index (χ1n) is 10.2. The molecule has 0 aromatic heterocycles. The van der Waals surface area contributed by atoms with Gasteiger partial charge in [0.1, 0.15) is 0 Å². The van der Waals surface area contributed by atoms with E-state index in [0.717, 1.165) is 5.57 Å². The molecule has 1 aromatic carbocycles. The summed E-state index contributed by atoms with van der Waals surface area (Å²) < 4.78 is 4.25. The first kappa shape index (κ1) is 31.7. The molecule has 0 aliphatic heterocycles. The molecular formula is C24H48O. The molecule has 1 nitrogen and oxygen atoms in total. The minimum absolute atomic E-state index is 1.12. The Bertz CT molecular complexity index is 286. The van der Waals surface area contributed by atoms with E-state index in [1.54, 1.807) is 14.2 Å². The summed E-state index contributed by atoms with van der Waals surface area (Å²) >= 11 is 0. The number of allylic oxidation sites excluding steroid dienone is 1. The third-order valence-corrected chi connectivity index (χ3v) is 2.77. The van der Waals surface area contributed by atoms with Crippen molar-refractivity contribution < 1.29 is 4.74 Å². The predicted molar refractivity (Wildman–Crippen MR) is 120 cm³/mol. The summed E-state index contributed by atoms with van der Waals surface area (Å²) in [7, 11) is 3.25. The van der Waals surface area contributed by atoms with Crippen LogP contribution >= 0.6 is 0 Å². The summed E-state index contributed by atoms with van der Waals surface area (Å²) in [6, 6.07) is 10.2. The van der Waals surface area contributed by atoms with Crippen molar-refractivity contribution in [3.05, 3.63) is 42.5 Å². The normalized spacial score (nSPS) is 10.9. The average Bonchev–Trinajstić information content (AvgIpc) is 2.69. The molecule has 1 heteroatoms. The molecule has 1 saturated carbocycles. The van der Waals surface area contributed by atoms with Crippen LogP contribution in [-0.4, -0.2) is 14.2 Å². The Morgan fingerprint density at radius 2 is 1.04 bits per heavy atom. The number of methoxy groups -OCH3 is 1. The zero-order valence-corrected chi connectivity index (χ0v) is 19.0. The molecule has 25 heavy (non-hydrogen) atoms. The zero-order valence-electron chi connectivity index (χ0n) is 19.0. The number of ether oxygens (including phenoxy) is 1. The lowest BCUT2D eigenvalue weighted by atomic mass is 10.0. The van der Waals surface area contributed by atoms with Crippen molar-refractivity contribution >= 4 is 5.57 Å². The molecule has 0 amide bonds. The van der Waals surface area contributed by atoms with Crippen LogP contribution < -0.4 is 0 Å². The lowest BCUT2D eigenvalue weighted by Crippen LogP contribution is -1.85. The lowest BCUT2D eigenvalue weighted by Gasteiger charge is -2.05. The highest BCUT2D eigenvalue weighted by molar-refractivity contribution is 5.60. The number of rotatable bonds is 1. The second-order valence-electron chi connectivity index (χ2n) is 5.38. The Labute approximate surface area is 160 Å². The van der Waals surface area contributed by atoms with Crippen LogP contribution in [0.15, 0.2) is 36.9 Å². The van der Waals surface area contributed by atoms with Gasteiger partial charge in [0, 0.05) is 14.2 Å². The van der Waals surface area contributed by atoms with Crippen LogP contribution in [0.1, 0.15) is 99.0 Å². The molecule has 1 aromatic rings. The third-order valence-electron chi connectivity index (χ3n) is 2.77. The number of hydrogen-bond acceptors (Lipinski definition) is 1. The molecule has 0 unspecified atom stereocenters. The highest BCUT2D eigenvalue weighted by Gasteiger charge is 1.95. The van der Waals surface area contributed by atoms with E-state index < -0.39 is 0 Å². The van der Waals surface area contributed by atoms with E-state index in [-0.39, 0.29) is 0 Å². The maximum absolute atomic E-state index is 4.25. The smallest absolute Gasteiger partial charge is 0.0351 e. The molecule has 0 saturated heterocycles. The van der Waals surface area contributed by atoms with Crippen molar-refractivity contribution in [2.75, 3.05) is 14.2 Å². The Morgan fingerprint density at radius 1 is 0.800 bits per heavy atom. The van der Waals surface area contributed by atoms with Crippen molar-refractivity contribution in [3.8, 4) is 0 Å². The molecule has 1 aliphatic carbocycles. The molecule has 0 radical (unpaired) electrons. The highest BCUT2D eigenvalue weighted by Crippen LogP contribution is 2.15. The van der Waals surface area contributed by atoms with E-state index in [1.807, 2.05) is 52.8 Å². The Hall–Kier alpha value is -1.08. The lowest BCUT2D eigenvalue weighted by molar-refractivity contribution is 0.277. The van der Waals surface area contributed by atoms with Crippen LogP contribution in [0.5, 0.6) is 0 Å². The minimum Gasteiger partial charge on any atom is -0.388 e. The fourth-order valence-electron chi connectivity index (χ4n) is 1.78. The number of hydrogen-bond donors (Lipinski definition) is 0. The molecule has 0 atom stereocenters. The van der Waals surface area contributed by atoms with Gasteiger partial charge in [-0.1, -0.05) is 129 Å². The SMILES string of the molecule is C1CCCCC1.C=C(C)c1ccccc1.CC.CC.CCC.COC. The van der Waals surface area contributed by atoms with Gasteiger partial charge in [0.05, 0.1) is 0 Å². The Kier molecular flexibility index (Phi) is 43.4. The van der Waals surface area contributed by atoms with Gasteiger partial charge in [0.25, 0.3) is 0 Å². The molecule has 0 bridgehead atoms. The summed E-state index contributed by atoms with van der Waals surface area (Å²) in [6.07, 6.45) is 10.2. The van der Waals surface area contributed by atoms with E-state index in [1.165, 1.54) is 50.5 Å². The largest absolute Gasteiger partial charge is 0.388 e. The Morgan fingerprint density at radius 3 is 1.20 bits per heavy atom. The van der Waals surface area contributed by atoms with Gasteiger partial charge in [-0.25, -0.2) is 0 Å². The van der Waals surface area contributed by atoms with E-state index in [0.29, 0.717) is 0 Å². The van der Waals surface area contributed by atoms with Gasteiger partial charge in [-0.2, -0.15) is 0 Å². The molecule has 0 spiro atoms. The van der Waals surface area contributed by atoms with E-state index in [4.69, 9.17) is 0 Å². The van der Waals surface area contributed by atoms with Crippen LogP contribution in [0.25, 0.3) is 5.57 Å². The second kappa shape index (κ2) is 34.3. The fraction of sp³-hybridized carbons (Fsp3) is 0.667. The van der Waals surface area contributed by atoms with E-state index >= 15 is 0 Å². The maximum atomic E-state index is 4.25. The summed E-state index contributed by atoms with van der Waals surface area (Å²) in [4.78, 5) is 0. The molecule has 150 valence electrons. The predicted octanol–water partition coefficient (Wildman–Crippen LogP) is 8.79. The first-order chi connectivity index (χ1) is 12.1. The summed E-state index contributed by atoms with van der Waals surface area (Å²) in [5, 5.41) is 0. The van der Waals surface area contributed by atoms with Gasteiger partial charge in [-0.05, 0) is 12.5 Å². The van der Waals surface area contributed by atoms with Crippen LogP contribution in [0.2, 0.25) is 0 Å². The van der Waals surface area contributed by atoms with Crippen LogP contribution in [0, 0.1) is 0 Å². The van der Waals surface area contributed by atoms with Gasteiger partial charge in [-0.3, -0.25) is 0 Å². The van der Waals surface area contributed by atoms with Crippen molar-refractivity contribution in [2.24, 2.45) is 0 Å². The second-order valence-corrected chi connectivity index (χ2v) is 5.38. The van der Waals surface area contributed by atoms with Gasteiger partial charge in [0.15, 0.2) is 0 Å². The van der Waals surface area contributed by atoms with Crippen LogP contribution in [-0.2, 0) is 4.74 Å². The van der Waals surface area contributed by atoms with Gasteiger partial charge < -0.3 is 4.74 Å². The fourth-order valence-corrected chi connectivity index (χ4v) is 1.78. The quantitative estimate of drug-likeness (QED) is 0.490. The summed E-state index contributed by atoms with van der Waals surface area (Å²) in [5.41, 5.74) is 2.34. The standard InChI is InChI=1S/C9H10.C6H12.C3H8.C2H6O.2C2H6/c1-8(2)9-6-4-3-5-7-9;1-2-4-6-5-3-1;2*1-3-2;2*1-2/h3-7H,1H2,2H3;1-6H2;3H2,1-2H3;1-2H3;2*1-2H3. The van der Waals surface area contributed by atoms with Crippen molar-refractivity contribution in [1.29, 1.82) is 0 Å². The molecule has 0 heterocycles. The molecule has 0 N–H and O–H groups in total. The van der Waals surface area contributed by atoms with Crippen molar-refractivity contribution in [3.63, 3.8) is 0 Å². The van der Waals surface area contributed by atoms with Gasteiger partial charge in [-0.15, -0.1) is 0 Å². The molecule has 2 rings (SSSR count). The van der Waals surface area contributed by atoms with Crippen LogP contribution in [0.4, 0.5) is 0 Å². The van der Waals surface area contributed by atoms with Crippen molar-refractivity contribution in [1.82, 2.24) is 0 Å². The zero-order chi connectivity index (χ0) is 20.3. The summed E-state index contributed by atoms with van der Waals surface area (Å²) in [5.74, 6) is 0.